The Morgan fingerprint density at radius 3 is 2.42 bits per heavy atom. The highest BCUT2D eigenvalue weighted by Gasteiger charge is 2.46. The lowest BCUT2D eigenvalue weighted by Crippen LogP contribution is -2.31. The van der Waals surface area contributed by atoms with Gasteiger partial charge in [-0.1, -0.05) is 26.0 Å². The van der Waals surface area contributed by atoms with Gasteiger partial charge in [-0.3, -0.25) is 9.59 Å². The highest BCUT2D eigenvalue weighted by atomic mass is 32.2. The van der Waals surface area contributed by atoms with Crippen molar-refractivity contribution in [2.45, 2.75) is 37.5 Å². The van der Waals surface area contributed by atoms with E-state index in [9.17, 15) is 14.7 Å². The van der Waals surface area contributed by atoms with Crippen molar-refractivity contribution in [1.82, 2.24) is 4.90 Å². The molecule has 1 N–H and O–H groups in total. The molecule has 3 rings (SSSR count). The number of likely N-dealkylation sites (tertiary alicyclic amines) is 1. The maximum Gasteiger partial charge on any atom is 0.308 e. The molecule has 1 aromatic carbocycles. The van der Waals surface area contributed by atoms with E-state index in [-0.39, 0.29) is 17.7 Å². The third kappa shape index (κ3) is 3.94. The van der Waals surface area contributed by atoms with Gasteiger partial charge in [0, 0.05) is 18.0 Å². The van der Waals surface area contributed by atoms with Gasteiger partial charge in [-0.15, -0.1) is 11.8 Å². The fraction of sp³-hybridized carbons (Fsp3) is 0.579. The second kappa shape index (κ2) is 7.18. The number of benzene rings is 1. The highest BCUT2D eigenvalue weighted by Crippen LogP contribution is 2.44. The minimum absolute atomic E-state index is 0.0577. The zero-order valence-corrected chi connectivity index (χ0v) is 15.1. The number of thioether (sulfide) groups is 1. The van der Waals surface area contributed by atoms with Crippen molar-refractivity contribution in [3.8, 4) is 0 Å². The third-order valence-electron chi connectivity index (χ3n) is 5.17. The molecule has 0 bridgehead atoms. The van der Waals surface area contributed by atoms with E-state index in [0.29, 0.717) is 30.7 Å². The number of hydrogen-bond donors (Lipinski definition) is 1. The number of carboxylic acid groups (broad SMARTS) is 1. The zero-order chi connectivity index (χ0) is 17.3. The number of aliphatic carboxylic acids is 1. The van der Waals surface area contributed by atoms with Crippen LogP contribution in [0.1, 0.15) is 38.2 Å². The molecule has 0 aromatic heterocycles. The maximum atomic E-state index is 12.5. The quantitative estimate of drug-likeness (QED) is 0.801. The van der Waals surface area contributed by atoms with E-state index in [0.717, 1.165) is 17.7 Å². The van der Waals surface area contributed by atoms with Crippen LogP contribution >= 0.6 is 11.8 Å². The Morgan fingerprint density at radius 2 is 1.88 bits per heavy atom. The van der Waals surface area contributed by atoms with Gasteiger partial charge in [0.25, 0.3) is 0 Å². The molecule has 0 spiro atoms. The Morgan fingerprint density at radius 1 is 1.21 bits per heavy atom. The molecule has 1 saturated heterocycles. The van der Waals surface area contributed by atoms with Crippen molar-refractivity contribution in [3.05, 3.63) is 29.8 Å². The van der Waals surface area contributed by atoms with E-state index in [2.05, 4.69) is 38.1 Å². The summed E-state index contributed by atoms with van der Waals surface area (Å²) in [6.45, 7) is 5.32. The number of nitrogens with zero attached hydrogens (tertiary/aromatic N) is 1. The van der Waals surface area contributed by atoms with Crippen LogP contribution in [0.15, 0.2) is 29.2 Å². The van der Waals surface area contributed by atoms with Crippen LogP contribution in [0.5, 0.6) is 0 Å². The van der Waals surface area contributed by atoms with Gasteiger partial charge < -0.3 is 10.0 Å². The first-order chi connectivity index (χ1) is 11.5. The summed E-state index contributed by atoms with van der Waals surface area (Å²) < 4.78 is 0. The summed E-state index contributed by atoms with van der Waals surface area (Å²) in [4.78, 5) is 26.7. The average Bonchev–Trinajstić information content (AvgIpc) is 3.30. The van der Waals surface area contributed by atoms with Gasteiger partial charge in [-0.25, -0.2) is 0 Å². The second-order valence-corrected chi connectivity index (χ2v) is 8.31. The number of hydrogen-bond acceptors (Lipinski definition) is 3. The molecule has 130 valence electrons. The van der Waals surface area contributed by atoms with E-state index < -0.39 is 5.97 Å². The number of carbonyl (C=O) groups excluding carboxylic acids is 1. The molecule has 2 atom stereocenters. The molecule has 2 fully saturated rings. The highest BCUT2D eigenvalue weighted by molar-refractivity contribution is 8.00. The Hall–Kier alpha value is -1.49. The number of amides is 1. The molecule has 1 aliphatic carbocycles. The van der Waals surface area contributed by atoms with E-state index in [4.69, 9.17) is 0 Å². The van der Waals surface area contributed by atoms with Crippen LogP contribution in [0.2, 0.25) is 0 Å². The molecule has 24 heavy (non-hydrogen) atoms. The summed E-state index contributed by atoms with van der Waals surface area (Å²) in [6, 6.07) is 8.34. The van der Waals surface area contributed by atoms with Crippen LogP contribution in [-0.2, 0) is 9.59 Å². The van der Waals surface area contributed by atoms with Crippen LogP contribution in [0, 0.1) is 17.8 Å². The maximum absolute atomic E-state index is 12.5. The predicted molar refractivity (Wildman–Crippen MR) is 95.2 cm³/mol. The van der Waals surface area contributed by atoms with Crippen LogP contribution in [0.4, 0.5) is 0 Å². The topological polar surface area (TPSA) is 57.6 Å². The molecule has 1 aliphatic heterocycles. The lowest BCUT2D eigenvalue weighted by atomic mass is 9.92. The van der Waals surface area contributed by atoms with Gasteiger partial charge in [0.1, 0.15) is 0 Å². The minimum atomic E-state index is -0.751. The van der Waals surface area contributed by atoms with Crippen molar-refractivity contribution in [2.75, 3.05) is 18.8 Å². The van der Waals surface area contributed by atoms with Crippen molar-refractivity contribution in [3.63, 3.8) is 0 Å². The van der Waals surface area contributed by atoms with Crippen LogP contribution < -0.4 is 0 Å². The molecule has 5 heteroatoms. The largest absolute Gasteiger partial charge is 0.481 e. The van der Waals surface area contributed by atoms with Crippen LogP contribution in [-0.4, -0.2) is 40.7 Å². The average molecular weight is 347 g/mol. The molecule has 2 aliphatic rings. The van der Waals surface area contributed by atoms with Crippen molar-refractivity contribution in [2.24, 2.45) is 17.8 Å². The molecule has 0 radical (unpaired) electrons. The first-order valence-corrected chi connectivity index (χ1v) is 9.67. The Balaban J connectivity index is 1.54. The fourth-order valence-corrected chi connectivity index (χ4v) is 4.28. The first-order valence-electron chi connectivity index (χ1n) is 8.69. The summed E-state index contributed by atoms with van der Waals surface area (Å²) >= 11 is 1.53. The molecule has 1 aromatic rings. The van der Waals surface area contributed by atoms with E-state index in [1.54, 1.807) is 4.90 Å². The van der Waals surface area contributed by atoms with E-state index in [1.807, 2.05) is 0 Å². The van der Waals surface area contributed by atoms with Gasteiger partial charge in [0.05, 0.1) is 11.7 Å². The smallest absolute Gasteiger partial charge is 0.308 e. The second-order valence-electron chi connectivity index (χ2n) is 7.26. The Kier molecular flexibility index (Phi) is 5.18. The standard InChI is InChI=1S/C19H25NO3S/c1-12(2)13-5-7-15(8-6-13)24-11-18(21)20-9-16(14-3-4-14)17(10-20)19(22)23/h5-8,12,14,16-17H,3-4,9-11H2,1-2H3,(H,22,23)/t16-,17+/m1/s1. The lowest BCUT2D eigenvalue weighted by molar-refractivity contribution is -0.142. The van der Waals surface area contributed by atoms with Crippen molar-refractivity contribution >= 4 is 23.6 Å². The minimum Gasteiger partial charge on any atom is -0.481 e. The molecule has 1 amide bonds. The van der Waals surface area contributed by atoms with E-state index in [1.165, 1.54) is 17.3 Å². The summed E-state index contributed by atoms with van der Waals surface area (Å²) in [6.07, 6.45) is 2.24. The van der Waals surface area contributed by atoms with Gasteiger partial charge in [0.15, 0.2) is 0 Å². The zero-order valence-electron chi connectivity index (χ0n) is 14.3. The summed E-state index contributed by atoms with van der Waals surface area (Å²) in [7, 11) is 0. The monoisotopic (exact) mass is 347 g/mol. The van der Waals surface area contributed by atoms with Gasteiger partial charge in [0.2, 0.25) is 5.91 Å². The van der Waals surface area contributed by atoms with Crippen LogP contribution in [0.3, 0.4) is 0 Å². The van der Waals surface area contributed by atoms with Gasteiger partial charge >= 0.3 is 5.97 Å². The summed E-state index contributed by atoms with van der Waals surface area (Å²) in [5.41, 5.74) is 1.29. The molecule has 1 saturated carbocycles. The van der Waals surface area contributed by atoms with E-state index >= 15 is 0 Å². The number of carbonyl (C=O) groups is 2. The molecule has 4 nitrogen and oxygen atoms in total. The normalized spacial score (nSPS) is 23.7. The number of rotatable bonds is 6. The lowest BCUT2D eigenvalue weighted by Gasteiger charge is -2.16. The molecule has 1 heterocycles. The molecular weight excluding hydrogens is 322 g/mol. The summed E-state index contributed by atoms with van der Waals surface area (Å²) in [5.74, 6) is 0.479. The Labute approximate surface area is 147 Å². The third-order valence-corrected chi connectivity index (χ3v) is 6.17. The number of carboxylic acids is 1. The van der Waals surface area contributed by atoms with Crippen LogP contribution in [0.25, 0.3) is 0 Å². The molecule has 0 unspecified atom stereocenters. The SMILES string of the molecule is CC(C)c1ccc(SCC(=O)N2C[C@H](C(=O)O)[C@@H](C3CC3)C2)cc1. The first kappa shape index (κ1) is 17.3. The summed E-state index contributed by atoms with van der Waals surface area (Å²) in [5, 5.41) is 9.40. The Bertz CT molecular complexity index is 610. The van der Waals surface area contributed by atoms with Gasteiger partial charge in [-0.05, 0) is 48.3 Å². The fourth-order valence-electron chi connectivity index (χ4n) is 3.48. The van der Waals surface area contributed by atoms with Gasteiger partial charge in [-0.2, -0.15) is 0 Å². The molecular formula is C19H25NO3S. The predicted octanol–water partition coefficient (Wildman–Crippen LogP) is 3.47. The van der Waals surface area contributed by atoms with Crippen molar-refractivity contribution < 1.29 is 14.7 Å². The van der Waals surface area contributed by atoms with Crippen molar-refractivity contribution in [1.29, 1.82) is 0 Å².